The molecule has 8 nitrogen and oxygen atoms in total. The maximum absolute atomic E-state index is 12.2. The number of ether oxygens (including phenoxy) is 2. The van der Waals surface area contributed by atoms with E-state index in [9.17, 15) is 18.0 Å². The Bertz CT molecular complexity index is 566. The summed E-state index contributed by atoms with van der Waals surface area (Å²) in [5, 5.41) is -1.75. The minimum atomic E-state index is -4.35. The molecule has 0 aliphatic carbocycles. The second-order valence-electron chi connectivity index (χ2n) is 7.93. The van der Waals surface area contributed by atoms with Crippen LogP contribution >= 0.6 is 0 Å². The Labute approximate surface area is 188 Å². The van der Waals surface area contributed by atoms with Crippen LogP contribution in [0.15, 0.2) is 0 Å². The lowest BCUT2D eigenvalue weighted by molar-refractivity contribution is -0.635. The van der Waals surface area contributed by atoms with E-state index in [0.717, 1.165) is 38.5 Å². The van der Waals surface area contributed by atoms with Gasteiger partial charge in [0, 0.05) is 0 Å². The lowest BCUT2D eigenvalue weighted by Gasteiger charge is -2.13. The van der Waals surface area contributed by atoms with Gasteiger partial charge in [0.05, 0.1) is 19.6 Å². The van der Waals surface area contributed by atoms with Gasteiger partial charge in [-0.15, -0.1) is 0 Å². The quantitative estimate of drug-likeness (QED) is 0.155. The van der Waals surface area contributed by atoms with Crippen molar-refractivity contribution in [3.63, 3.8) is 0 Å². The smallest absolute Gasteiger partial charge is 0.328 e. The number of esters is 2. The number of quaternary nitrogens is 1. The van der Waals surface area contributed by atoms with E-state index in [-0.39, 0.29) is 13.2 Å². The fourth-order valence-corrected chi connectivity index (χ4v) is 3.97. The second kappa shape index (κ2) is 19.5. The number of rotatable bonds is 21. The Morgan fingerprint density at radius 1 is 0.710 bits per heavy atom. The zero-order chi connectivity index (χ0) is 23.4. The molecule has 9 heteroatoms. The molecule has 0 radical (unpaired) electrons. The summed E-state index contributed by atoms with van der Waals surface area (Å²) in [4.78, 5) is 24.3. The van der Waals surface area contributed by atoms with E-state index < -0.39 is 33.7 Å². The van der Waals surface area contributed by atoms with Crippen LogP contribution in [-0.4, -0.2) is 38.8 Å². The lowest BCUT2D eigenvalue weighted by atomic mass is 10.1. The summed E-state index contributed by atoms with van der Waals surface area (Å²) in [6.07, 6.45) is 14.2. The third-order valence-corrected chi connectivity index (χ3v) is 6.52. The Balaban J connectivity index is 4.23. The molecule has 0 aliphatic rings. The molecular formula is C22H44NO7S+. The van der Waals surface area contributed by atoms with Gasteiger partial charge in [-0.3, -0.25) is 9.59 Å². The van der Waals surface area contributed by atoms with Crippen molar-refractivity contribution < 1.29 is 37.7 Å². The summed E-state index contributed by atoms with van der Waals surface area (Å²) in [6, 6.07) is 0. The number of hydrogen-bond donors (Lipinski definition) is 1. The van der Waals surface area contributed by atoms with Gasteiger partial charge in [-0.25, -0.2) is 0 Å². The lowest BCUT2D eigenvalue weighted by Crippen LogP contribution is -2.54. The normalized spacial score (nSPS) is 12.5. The van der Waals surface area contributed by atoms with Crippen LogP contribution in [0.2, 0.25) is 0 Å². The fraction of sp³-hybridized carbons (Fsp3) is 0.909. The zero-order valence-electron chi connectivity index (χ0n) is 19.6. The van der Waals surface area contributed by atoms with Crippen LogP contribution in [0.25, 0.3) is 0 Å². The molecule has 1 atom stereocenters. The average Bonchev–Trinajstić information content (AvgIpc) is 2.75. The predicted octanol–water partition coefficient (Wildman–Crippen LogP) is 3.84. The molecule has 0 aromatic rings. The zero-order valence-corrected chi connectivity index (χ0v) is 20.4. The topological polar surface area (TPSA) is 124 Å². The van der Waals surface area contributed by atoms with E-state index in [2.05, 4.69) is 24.0 Å². The van der Waals surface area contributed by atoms with Gasteiger partial charge < -0.3 is 9.47 Å². The minimum absolute atomic E-state index is 0.114. The van der Waals surface area contributed by atoms with Crippen LogP contribution in [-0.2, 0) is 33.5 Å². The summed E-state index contributed by atoms with van der Waals surface area (Å²) in [5.74, 6) is 1.12. The Morgan fingerprint density at radius 2 is 1.13 bits per heavy atom. The molecule has 0 aliphatic heterocycles. The van der Waals surface area contributed by atoms with E-state index >= 15 is 0 Å². The fourth-order valence-electron chi connectivity index (χ4n) is 3.17. The Hall–Kier alpha value is -1.19. The highest BCUT2D eigenvalue weighted by Gasteiger charge is 2.38. The molecule has 0 saturated carbocycles. The summed E-state index contributed by atoms with van der Waals surface area (Å²) >= 11 is 0. The maximum Gasteiger partial charge on any atom is 0.328 e. The molecule has 0 rings (SSSR count). The molecule has 1 unspecified atom stereocenters. The Kier molecular flexibility index (Phi) is 18.7. The van der Waals surface area contributed by atoms with Crippen molar-refractivity contribution in [2.45, 2.75) is 115 Å². The van der Waals surface area contributed by atoms with Crippen molar-refractivity contribution in [3.05, 3.63) is 0 Å². The van der Waals surface area contributed by atoms with Crippen LogP contribution < -0.4 is 5.90 Å². The molecule has 0 amide bonds. The van der Waals surface area contributed by atoms with Crippen molar-refractivity contribution >= 4 is 22.1 Å². The number of unbranched alkanes of at least 4 members (excludes halogenated alkanes) is 12. The van der Waals surface area contributed by atoms with Crippen LogP contribution in [0.5, 0.6) is 0 Å². The second-order valence-corrected chi connectivity index (χ2v) is 9.72. The van der Waals surface area contributed by atoms with E-state index in [0.29, 0.717) is 12.8 Å². The van der Waals surface area contributed by atoms with Gasteiger partial charge in [0.15, 0.2) is 5.25 Å². The first-order valence-corrected chi connectivity index (χ1v) is 13.4. The van der Waals surface area contributed by atoms with Gasteiger partial charge in [0.2, 0.25) is 0 Å². The highest BCUT2D eigenvalue weighted by molar-refractivity contribution is 7.88. The molecule has 0 heterocycles. The van der Waals surface area contributed by atoms with Crippen LogP contribution in [0, 0.1) is 0 Å². The minimum Gasteiger partial charge on any atom is -0.466 e. The van der Waals surface area contributed by atoms with E-state index in [4.69, 9.17) is 9.47 Å². The van der Waals surface area contributed by atoms with E-state index in [1.165, 1.54) is 38.5 Å². The molecular weight excluding hydrogens is 422 g/mol. The molecule has 0 fully saturated rings. The van der Waals surface area contributed by atoms with Gasteiger partial charge in [0.25, 0.3) is 0 Å². The molecule has 31 heavy (non-hydrogen) atoms. The van der Waals surface area contributed by atoms with Crippen molar-refractivity contribution in [2.24, 2.45) is 0 Å². The van der Waals surface area contributed by atoms with Crippen LogP contribution in [0.4, 0.5) is 0 Å². The van der Waals surface area contributed by atoms with Gasteiger partial charge in [-0.2, -0.15) is 14.3 Å². The summed E-state index contributed by atoms with van der Waals surface area (Å²) in [5.41, 5.74) is 0. The highest BCUT2D eigenvalue weighted by Crippen LogP contribution is 2.13. The monoisotopic (exact) mass is 466 g/mol. The SMILES string of the molecule is CCCCCCCCCOC(=O)CC(C(=O)OCCCCCCCCC)S(=O)(=O)O[NH3+]. The first-order valence-electron chi connectivity index (χ1n) is 11.9. The number of hydrogen-bond acceptors (Lipinski definition) is 7. The van der Waals surface area contributed by atoms with Crippen molar-refractivity contribution in [2.75, 3.05) is 13.2 Å². The standard InChI is InChI=1S/C22H44NO7S/c1-3-5-7-9-11-13-15-17-28-21(24)19-20(31(26,27)30-23)22(25)29-18-16-14-12-10-8-6-4-2/h20H,3-19H2,1-2,23H3/q+1. The number of carbonyl (C=O) groups excluding carboxylic acids is 2. The molecule has 0 aromatic carbocycles. The third kappa shape index (κ3) is 16.1. The first-order chi connectivity index (χ1) is 14.9. The molecule has 0 saturated heterocycles. The summed E-state index contributed by atoms with van der Waals surface area (Å²) in [7, 11) is -4.35. The van der Waals surface area contributed by atoms with Crippen LogP contribution in [0.1, 0.15) is 110 Å². The molecule has 0 aromatic heterocycles. The molecule has 0 bridgehead atoms. The van der Waals surface area contributed by atoms with E-state index in [1.54, 1.807) is 0 Å². The first kappa shape index (κ1) is 29.8. The molecule has 184 valence electrons. The highest BCUT2D eigenvalue weighted by atomic mass is 32.2. The molecule has 0 spiro atoms. The van der Waals surface area contributed by atoms with Gasteiger partial charge in [0.1, 0.15) is 0 Å². The maximum atomic E-state index is 12.2. The largest absolute Gasteiger partial charge is 0.466 e. The average molecular weight is 467 g/mol. The summed E-state index contributed by atoms with van der Waals surface area (Å²) < 4.78 is 38.4. The third-order valence-electron chi connectivity index (χ3n) is 5.13. The van der Waals surface area contributed by atoms with Gasteiger partial charge >= 0.3 is 22.1 Å². The van der Waals surface area contributed by atoms with Crippen molar-refractivity contribution in [3.8, 4) is 0 Å². The predicted molar refractivity (Wildman–Crippen MR) is 119 cm³/mol. The Morgan fingerprint density at radius 3 is 1.58 bits per heavy atom. The summed E-state index contributed by atoms with van der Waals surface area (Å²) in [6.45, 7) is 4.64. The van der Waals surface area contributed by atoms with Gasteiger partial charge in [-0.05, 0) is 12.8 Å². The number of carbonyl (C=O) groups is 2. The van der Waals surface area contributed by atoms with E-state index in [1.807, 2.05) is 0 Å². The van der Waals surface area contributed by atoms with Crippen LogP contribution in [0.3, 0.4) is 0 Å². The van der Waals surface area contributed by atoms with Crippen molar-refractivity contribution in [1.82, 2.24) is 0 Å². The van der Waals surface area contributed by atoms with Gasteiger partial charge in [-0.1, -0.05) is 95.2 Å². The molecule has 3 N–H and O–H groups in total. The van der Waals surface area contributed by atoms with Crippen molar-refractivity contribution in [1.29, 1.82) is 0 Å².